The van der Waals surface area contributed by atoms with Gasteiger partial charge in [0, 0.05) is 17.4 Å². The number of pyridine rings is 1. The molecule has 2 aromatic rings. The molecule has 0 saturated heterocycles. The zero-order valence-electron chi connectivity index (χ0n) is 9.43. The molecule has 0 saturated carbocycles. The van der Waals surface area contributed by atoms with Gasteiger partial charge in [0.2, 0.25) is 0 Å². The average Bonchev–Trinajstić information content (AvgIpc) is 2.39. The van der Waals surface area contributed by atoms with Crippen LogP contribution in [0.25, 0.3) is 0 Å². The summed E-state index contributed by atoms with van der Waals surface area (Å²) in [7, 11) is 0. The molecule has 4 nitrogen and oxygen atoms in total. The Balaban J connectivity index is 2.11. The summed E-state index contributed by atoms with van der Waals surface area (Å²) < 4.78 is 0.616. The molecule has 0 unspecified atom stereocenters. The molecule has 0 aliphatic rings. The zero-order valence-corrected chi connectivity index (χ0v) is 11.0. The van der Waals surface area contributed by atoms with Crippen molar-refractivity contribution in [2.75, 3.05) is 5.32 Å². The van der Waals surface area contributed by atoms with Crippen molar-refractivity contribution in [3.05, 3.63) is 58.3 Å². The summed E-state index contributed by atoms with van der Waals surface area (Å²) >= 11 is 3.22. The summed E-state index contributed by atoms with van der Waals surface area (Å²) in [6, 6.07) is 10.3. The van der Waals surface area contributed by atoms with E-state index in [1.165, 1.54) is 0 Å². The van der Waals surface area contributed by atoms with E-state index < -0.39 is 0 Å². The van der Waals surface area contributed by atoms with Crippen LogP contribution in [0.4, 0.5) is 5.69 Å². The number of hydrogen-bond donors (Lipinski definition) is 2. The second-order valence-electron chi connectivity index (χ2n) is 3.68. The second kappa shape index (κ2) is 5.75. The number of rotatable bonds is 3. The Hall–Kier alpha value is -1.72. The van der Waals surface area contributed by atoms with Gasteiger partial charge < -0.3 is 10.4 Å². The van der Waals surface area contributed by atoms with Gasteiger partial charge in [-0.15, -0.1) is 0 Å². The fourth-order valence-corrected chi connectivity index (χ4v) is 1.81. The van der Waals surface area contributed by atoms with Gasteiger partial charge in [0.05, 0.1) is 6.61 Å². The van der Waals surface area contributed by atoms with Crippen LogP contribution in [-0.2, 0) is 6.61 Å². The van der Waals surface area contributed by atoms with Crippen molar-refractivity contribution in [1.29, 1.82) is 0 Å². The lowest BCUT2D eigenvalue weighted by Gasteiger charge is -2.06. The molecule has 92 valence electrons. The molecule has 0 radical (unpaired) electrons. The number of aliphatic hydroxyl groups excluding tert-OH is 1. The van der Waals surface area contributed by atoms with E-state index in [-0.39, 0.29) is 12.5 Å². The highest BCUT2D eigenvalue weighted by Gasteiger charge is 2.06. The Morgan fingerprint density at radius 2 is 2.00 bits per heavy atom. The quantitative estimate of drug-likeness (QED) is 0.857. The van der Waals surface area contributed by atoms with Crippen LogP contribution in [-0.4, -0.2) is 16.0 Å². The summed E-state index contributed by atoms with van der Waals surface area (Å²) in [6.45, 7) is -0.00840. The molecule has 2 N–H and O–H groups in total. The maximum atomic E-state index is 11.9. The van der Waals surface area contributed by atoms with Gasteiger partial charge in [-0.2, -0.15) is 0 Å². The summed E-state index contributed by atoms with van der Waals surface area (Å²) in [5.74, 6) is -0.199. The van der Waals surface area contributed by atoms with Crippen LogP contribution in [0.3, 0.4) is 0 Å². The lowest BCUT2D eigenvalue weighted by atomic mass is 10.2. The standard InChI is InChI=1S/C13H11BrN2O2/c14-12-7-10(5-6-15-12)13(18)16-11-3-1-9(8-17)2-4-11/h1-7,17H,8H2,(H,16,18). The Bertz CT molecular complexity index is 555. The number of benzene rings is 1. The smallest absolute Gasteiger partial charge is 0.255 e. The molecule has 0 fully saturated rings. The molecule has 0 bridgehead atoms. The van der Waals surface area contributed by atoms with E-state index in [4.69, 9.17) is 5.11 Å². The third-order valence-corrected chi connectivity index (χ3v) is 2.82. The number of aromatic nitrogens is 1. The molecule has 18 heavy (non-hydrogen) atoms. The minimum Gasteiger partial charge on any atom is -0.392 e. The van der Waals surface area contributed by atoms with Crippen LogP contribution in [0.5, 0.6) is 0 Å². The van der Waals surface area contributed by atoms with Crippen LogP contribution in [0.1, 0.15) is 15.9 Å². The minimum absolute atomic E-state index is 0.00840. The molecule has 1 aromatic heterocycles. The average molecular weight is 307 g/mol. The van der Waals surface area contributed by atoms with Crippen LogP contribution in [0, 0.1) is 0 Å². The number of nitrogens with one attached hydrogen (secondary N) is 1. The van der Waals surface area contributed by atoms with E-state index in [1.807, 2.05) is 0 Å². The monoisotopic (exact) mass is 306 g/mol. The third kappa shape index (κ3) is 3.15. The largest absolute Gasteiger partial charge is 0.392 e. The van der Waals surface area contributed by atoms with Crippen molar-refractivity contribution >= 4 is 27.5 Å². The predicted molar refractivity (Wildman–Crippen MR) is 72.3 cm³/mol. The number of anilines is 1. The fourth-order valence-electron chi connectivity index (χ4n) is 1.44. The van der Waals surface area contributed by atoms with Crippen LogP contribution >= 0.6 is 15.9 Å². The van der Waals surface area contributed by atoms with Crippen molar-refractivity contribution < 1.29 is 9.90 Å². The molecule has 1 aromatic carbocycles. The van der Waals surface area contributed by atoms with Gasteiger partial charge in [-0.25, -0.2) is 4.98 Å². The first-order valence-electron chi connectivity index (χ1n) is 5.32. The highest BCUT2D eigenvalue weighted by atomic mass is 79.9. The molecule has 5 heteroatoms. The first-order valence-corrected chi connectivity index (χ1v) is 6.11. The second-order valence-corrected chi connectivity index (χ2v) is 4.49. The number of amides is 1. The summed E-state index contributed by atoms with van der Waals surface area (Å²) in [4.78, 5) is 15.9. The lowest BCUT2D eigenvalue weighted by Crippen LogP contribution is -2.11. The van der Waals surface area contributed by atoms with E-state index in [2.05, 4.69) is 26.2 Å². The molecule has 1 amide bonds. The number of halogens is 1. The molecular weight excluding hydrogens is 296 g/mol. The minimum atomic E-state index is -0.199. The van der Waals surface area contributed by atoms with E-state index in [1.54, 1.807) is 42.6 Å². The first kappa shape index (κ1) is 12.7. The topological polar surface area (TPSA) is 62.2 Å². The Morgan fingerprint density at radius 3 is 2.61 bits per heavy atom. The summed E-state index contributed by atoms with van der Waals surface area (Å²) in [5, 5.41) is 11.7. The van der Waals surface area contributed by atoms with Crippen molar-refractivity contribution in [3.8, 4) is 0 Å². The Labute approximate surface area is 113 Å². The Kier molecular flexibility index (Phi) is 4.07. The molecule has 0 aliphatic carbocycles. The van der Waals surface area contributed by atoms with Gasteiger partial charge in [0.1, 0.15) is 4.60 Å². The number of aliphatic hydroxyl groups is 1. The highest BCUT2D eigenvalue weighted by molar-refractivity contribution is 9.10. The van der Waals surface area contributed by atoms with Gasteiger partial charge in [-0.3, -0.25) is 4.79 Å². The van der Waals surface area contributed by atoms with Gasteiger partial charge in [0.25, 0.3) is 5.91 Å². The zero-order chi connectivity index (χ0) is 13.0. The highest BCUT2D eigenvalue weighted by Crippen LogP contribution is 2.13. The molecule has 0 atom stereocenters. The van der Waals surface area contributed by atoms with Gasteiger partial charge in [-0.1, -0.05) is 12.1 Å². The normalized spacial score (nSPS) is 10.1. The van der Waals surface area contributed by atoms with Gasteiger partial charge in [-0.05, 0) is 45.8 Å². The van der Waals surface area contributed by atoms with E-state index in [9.17, 15) is 4.79 Å². The summed E-state index contributed by atoms with van der Waals surface area (Å²) in [6.07, 6.45) is 1.56. The number of carbonyl (C=O) groups excluding carboxylic acids is 1. The molecule has 0 aliphatic heterocycles. The van der Waals surface area contributed by atoms with Crippen LogP contribution < -0.4 is 5.32 Å². The van der Waals surface area contributed by atoms with Crippen LogP contribution in [0.15, 0.2) is 47.2 Å². The number of carbonyl (C=O) groups is 1. The summed E-state index contributed by atoms with van der Waals surface area (Å²) in [5.41, 5.74) is 2.02. The lowest BCUT2D eigenvalue weighted by molar-refractivity contribution is 0.102. The van der Waals surface area contributed by atoms with Gasteiger partial charge >= 0.3 is 0 Å². The van der Waals surface area contributed by atoms with Crippen LogP contribution in [0.2, 0.25) is 0 Å². The van der Waals surface area contributed by atoms with Crippen molar-refractivity contribution in [1.82, 2.24) is 4.98 Å². The third-order valence-electron chi connectivity index (χ3n) is 2.38. The van der Waals surface area contributed by atoms with E-state index in [0.717, 1.165) is 5.56 Å². The molecule has 1 heterocycles. The predicted octanol–water partition coefficient (Wildman–Crippen LogP) is 2.59. The van der Waals surface area contributed by atoms with Crippen molar-refractivity contribution in [2.45, 2.75) is 6.61 Å². The number of hydrogen-bond acceptors (Lipinski definition) is 3. The van der Waals surface area contributed by atoms with E-state index >= 15 is 0 Å². The van der Waals surface area contributed by atoms with Crippen molar-refractivity contribution in [2.24, 2.45) is 0 Å². The van der Waals surface area contributed by atoms with E-state index in [0.29, 0.717) is 15.9 Å². The number of nitrogens with zero attached hydrogens (tertiary/aromatic N) is 1. The maximum absolute atomic E-state index is 11.9. The molecular formula is C13H11BrN2O2. The first-order chi connectivity index (χ1) is 8.69. The Morgan fingerprint density at radius 1 is 1.28 bits per heavy atom. The van der Waals surface area contributed by atoms with Gasteiger partial charge in [0.15, 0.2) is 0 Å². The maximum Gasteiger partial charge on any atom is 0.255 e. The molecule has 0 spiro atoms. The fraction of sp³-hybridized carbons (Fsp3) is 0.0769. The van der Waals surface area contributed by atoms with Crippen molar-refractivity contribution in [3.63, 3.8) is 0 Å². The SMILES string of the molecule is O=C(Nc1ccc(CO)cc1)c1ccnc(Br)c1. The molecule has 2 rings (SSSR count).